The van der Waals surface area contributed by atoms with Crippen LogP contribution in [0.4, 0.5) is 5.69 Å². The van der Waals surface area contributed by atoms with Crippen LogP contribution in [0.5, 0.6) is 0 Å². The van der Waals surface area contributed by atoms with Gasteiger partial charge in [0.05, 0.1) is 11.9 Å². The van der Waals surface area contributed by atoms with Gasteiger partial charge in [-0.3, -0.25) is 4.79 Å². The van der Waals surface area contributed by atoms with Crippen LogP contribution in [0.3, 0.4) is 0 Å². The number of hydrogen-bond acceptors (Lipinski definition) is 3. The number of anilines is 1. The molecule has 88 valence electrons. The molecule has 0 spiro atoms. The van der Waals surface area contributed by atoms with Crippen LogP contribution >= 0.6 is 0 Å². The first-order valence-corrected chi connectivity index (χ1v) is 6.10. The van der Waals surface area contributed by atoms with Gasteiger partial charge in [-0.25, -0.2) is 4.68 Å². The van der Waals surface area contributed by atoms with E-state index in [0.29, 0.717) is 5.92 Å². The lowest BCUT2D eigenvalue weighted by Gasteiger charge is -2.10. The zero-order valence-electron chi connectivity index (χ0n) is 9.78. The molecule has 4 nitrogen and oxygen atoms in total. The van der Waals surface area contributed by atoms with E-state index in [-0.39, 0.29) is 5.56 Å². The van der Waals surface area contributed by atoms with Crippen LogP contribution in [0.15, 0.2) is 17.1 Å². The van der Waals surface area contributed by atoms with Crippen molar-refractivity contribution in [3.63, 3.8) is 0 Å². The van der Waals surface area contributed by atoms with Crippen molar-refractivity contribution in [1.82, 2.24) is 9.78 Å². The first-order chi connectivity index (χ1) is 7.79. The zero-order chi connectivity index (χ0) is 11.4. The molecule has 16 heavy (non-hydrogen) atoms. The monoisotopic (exact) mass is 221 g/mol. The van der Waals surface area contributed by atoms with E-state index in [9.17, 15) is 4.79 Å². The van der Waals surface area contributed by atoms with Crippen molar-refractivity contribution in [2.45, 2.75) is 39.2 Å². The second-order valence-corrected chi connectivity index (χ2v) is 4.45. The van der Waals surface area contributed by atoms with Crippen molar-refractivity contribution in [2.75, 3.05) is 11.9 Å². The van der Waals surface area contributed by atoms with E-state index in [4.69, 9.17) is 0 Å². The number of nitrogens with one attached hydrogen (secondary N) is 1. The largest absolute Gasteiger partial charge is 0.384 e. The fraction of sp³-hybridized carbons (Fsp3) is 0.667. The Morgan fingerprint density at radius 2 is 2.25 bits per heavy atom. The highest BCUT2D eigenvalue weighted by Crippen LogP contribution is 2.25. The topological polar surface area (TPSA) is 46.9 Å². The lowest BCUT2D eigenvalue weighted by atomic mass is 10.1. The van der Waals surface area contributed by atoms with E-state index in [1.807, 2.05) is 6.92 Å². The Labute approximate surface area is 95.7 Å². The van der Waals surface area contributed by atoms with E-state index in [1.165, 1.54) is 25.7 Å². The average molecular weight is 221 g/mol. The molecule has 0 aromatic carbocycles. The van der Waals surface area contributed by atoms with Gasteiger partial charge < -0.3 is 5.32 Å². The highest BCUT2D eigenvalue weighted by Gasteiger charge is 2.16. The van der Waals surface area contributed by atoms with Gasteiger partial charge in [-0.1, -0.05) is 12.8 Å². The Morgan fingerprint density at radius 1 is 1.50 bits per heavy atom. The summed E-state index contributed by atoms with van der Waals surface area (Å²) in [4.78, 5) is 11.8. The minimum absolute atomic E-state index is 0.00495. The van der Waals surface area contributed by atoms with Gasteiger partial charge in [0.1, 0.15) is 0 Å². The number of hydrogen-bond donors (Lipinski definition) is 1. The van der Waals surface area contributed by atoms with Crippen LogP contribution in [0, 0.1) is 5.92 Å². The predicted octanol–water partition coefficient (Wildman–Crippen LogP) is 1.87. The summed E-state index contributed by atoms with van der Waals surface area (Å²) < 4.78 is 1.59. The molecule has 0 aliphatic heterocycles. The third kappa shape index (κ3) is 2.62. The quantitative estimate of drug-likeness (QED) is 0.844. The maximum atomic E-state index is 11.8. The molecule has 4 heteroatoms. The summed E-state index contributed by atoms with van der Waals surface area (Å²) in [5.74, 6) is 0.648. The minimum Gasteiger partial charge on any atom is -0.384 e. The van der Waals surface area contributed by atoms with Gasteiger partial charge in [-0.2, -0.15) is 5.10 Å². The molecule has 1 saturated carbocycles. The number of aromatic nitrogens is 2. The van der Waals surface area contributed by atoms with Crippen molar-refractivity contribution >= 4 is 5.69 Å². The predicted molar refractivity (Wildman–Crippen MR) is 64.6 cm³/mol. The van der Waals surface area contributed by atoms with Crippen molar-refractivity contribution in [1.29, 1.82) is 0 Å². The lowest BCUT2D eigenvalue weighted by molar-refractivity contribution is 0.415. The summed E-state index contributed by atoms with van der Waals surface area (Å²) in [6.45, 7) is 3.60. The van der Waals surface area contributed by atoms with E-state index in [1.54, 1.807) is 16.9 Å². The molecule has 0 amide bonds. The molecule has 1 aromatic heterocycles. The second-order valence-electron chi connectivity index (χ2n) is 4.45. The first-order valence-electron chi connectivity index (χ1n) is 6.10. The Morgan fingerprint density at radius 3 is 2.88 bits per heavy atom. The highest BCUT2D eigenvalue weighted by molar-refractivity contribution is 5.38. The molecule has 1 aliphatic carbocycles. The van der Waals surface area contributed by atoms with Gasteiger partial charge in [-0.05, 0) is 25.7 Å². The molecule has 0 atom stereocenters. The first kappa shape index (κ1) is 11.2. The smallest absolute Gasteiger partial charge is 0.268 e. The van der Waals surface area contributed by atoms with Gasteiger partial charge in [0.2, 0.25) is 0 Å². The SMILES string of the molecule is CCNc1cnn(CC2CCCC2)c(=O)c1. The van der Waals surface area contributed by atoms with Crippen LogP contribution in [-0.4, -0.2) is 16.3 Å². The van der Waals surface area contributed by atoms with E-state index in [0.717, 1.165) is 18.8 Å². The molecule has 1 heterocycles. The summed E-state index contributed by atoms with van der Waals surface area (Å²) in [5.41, 5.74) is 0.820. The Hall–Kier alpha value is -1.32. The zero-order valence-corrected chi connectivity index (χ0v) is 9.78. The molecule has 1 aromatic rings. The molecule has 0 unspecified atom stereocenters. The average Bonchev–Trinajstić information content (AvgIpc) is 2.75. The molecular weight excluding hydrogens is 202 g/mol. The van der Waals surface area contributed by atoms with Crippen molar-refractivity contribution in [3.05, 3.63) is 22.6 Å². The van der Waals surface area contributed by atoms with E-state index >= 15 is 0 Å². The Bertz CT molecular complexity index is 393. The summed E-state index contributed by atoms with van der Waals surface area (Å²) in [7, 11) is 0. The highest BCUT2D eigenvalue weighted by atomic mass is 16.1. The maximum absolute atomic E-state index is 11.8. The van der Waals surface area contributed by atoms with E-state index < -0.39 is 0 Å². The van der Waals surface area contributed by atoms with Crippen molar-refractivity contribution < 1.29 is 0 Å². The molecule has 1 fully saturated rings. The molecule has 2 rings (SSSR count). The summed E-state index contributed by atoms with van der Waals surface area (Å²) in [6, 6.07) is 1.63. The molecule has 1 aliphatic rings. The van der Waals surface area contributed by atoms with Crippen molar-refractivity contribution in [3.8, 4) is 0 Å². The number of nitrogens with zero attached hydrogens (tertiary/aromatic N) is 2. The van der Waals surface area contributed by atoms with Gasteiger partial charge in [0.15, 0.2) is 0 Å². The molecule has 0 bridgehead atoms. The third-order valence-corrected chi connectivity index (χ3v) is 3.16. The molecule has 1 N–H and O–H groups in total. The van der Waals surface area contributed by atoms with Gasteiger partial charge >= 0.3 is 0 Å². The minimum atomic E-state index is 0.00495. The fourth-order valence-electron chi connectivity index (χ4n) is 2.31. The number of rotatable bonds is 4. The van der Waals surface area contributed by atoms with Crippen molar-refractivity contribution in [2.24, 2.45) is 5.92 Å². The second kappa shape index (κ2) is 5.14. The molecule has 0 radical (unpaired) electrons. The van der Waals surface area contributed by atoms with E-state index in [2.05, 4.69) is 10.4 Å². The van der Waals surface area contributed by atoms with Crippen LogP contribution in [0.2, 0.25) is 0 Å². The van der Waals surface area contributed by atoms with Crippen LogP contribution < -0.4 is 10.9 Å². The van der Waals surface area contributed by atoms with Gasteiger partial charge in [0.25, 0.3) is 5.56 Å². The Kier molecular flexibility index (Phi) is 3.59. The Balaban J connectivity index is 2.06. The third-order valence-electron chi connectivity index (χ3n) is 3.16. The maximum Gasteiger partial charge on any atom is 0.268 e. The normalized spacial score (nSPS) is 16.6. The van der Waals surface area contributed by atoms with Crippen LogP contribution in [-0.2, 0) is 6.54 Å². The summed E-state index contributed by atoms with van der Waals surface area (Å²) >= 11 is 0. The van der Waals surface area contributed by atoms with Crippen LogP contribution in [0.1, 0.15) is 32.6 Å². The molecule has 0 saturated heterocycles. The summed E-state index contributed by atoms with van der Waals surface area (Å²) in [6.07, 6.45) is 6.82. The van der Waals surface area contributed by atoms with Gasteiger partial charge in [0, 0.05) is 19.2 Å². The molecular formula is C12H19N3O. The summed E-state index contributed by atoms with van der Waals surface area (Å²) in [5, 5.41) is 7.30. The van der Waals surface area contributed by atoms with Gasteiger partial charge in [-0.15, -0.1) is 0 Å². The fourth-order valence-corrected chi connectivity index (χ4v) is 2.31. The van der Waals surface area contributed by atoms with Crippen LogP contribution in [0.25, 0.3) is 0 Å². The lowest BCUT2D eigenvalue weighted by Crippen LogP contribution is -2.25. The standard InChI is InChI=1S/C12H19N3O/c1-2-13-11-7-12(16)15(14-8-11)9-10-5-3-4-6-10/h7-8,10,13H,2-6,9H2,1H3.